The third kappa shape index (κ3) is 4.25. The standard InChI is InChI=1S/C24H27ClN2O2/c1-17-22(19-9-11-21(25)12-10-19)29-23(26-17)18(2)27-15-6-13-24(28,14-16-27)20-7-4-3-5-8-20/h3-5,7-12,18,28H,6,13-16H2,1-2H3/t18-,24+/m1/s1. The van der Waals surface area contributed by atoms with Crippen molar-refractivity contribution in [1.82, 2.24) is 9.88 Å². The summed E-state index contributed by atoms with van der Waals surface area (Å²) in [6, 6.07) is 17.7. The van der Waals surface area contributed by atoms with E-state index in [1.54, 1.807) is 0 Å². The van der Waals surface area contributed by atoms with Gasteiger partial charge < -0.3 is 9.52 Å². The minimum absolute atomic E-state index is 0.0490. The fraction of sp³-hybridized carbons (Fsp3) is 0.375. The predicted molar refractivity (Wildman–Crippen MR) is 116 cm³/mol. The summed E-state index contributed by atoms with van der Waals surface area (Å²) in [6.07, 6.45) is 2.39. The van der Waals surface area contributed by atoms with E-state index >= 15 is 0 Å². The molecule has 5 heteroatoms. The normalized spacial score (nSPS) is 21.7. The number of hydrogen-bond donors (Lipinski definition) is 1. The molecule has 1 saturated heterocycles. The maximum atomic E-state index is 11.2. The molecule has 0 aliphatic carbocycles. The van der Waals surface area contributed by atoms with Crippen LogP contribution in [0.5, 0.6) is 0 Å². The molecule has 4 nitrogen and oxygen atoms in total. The Morgan fingerprint density at radius 3 is 2.52 bits per heavy atom. The van der Waals surface area contributed by atoms with E-state index in [9.17, 15) is 5.11 Å². The van der Waals surface area contributed by atoms with E-state index < -0.39 is 5.60 Å². The van der Waals surface area contributed by atoms with Crippen LogP contribution in [0.25, 0.3) is 11.3 Å². The van der Waals surface area contributed by atoms with Gasteiger partial charge in [-0.25, -0.2) is 4.98 Å². The molecule has 29 heavy (non-hydrogen) atoms. The van der Waals surface area contributed by atoms with Crippen LogP contribution in [0.15, 0.2) is 59.0 Å². The number of nitrogens with zero attached hydrogens (tertiary/aromatic N) is 2. The summed E-state index contributed by atoms with van der Waals surface area (Å²) in [7, 11) is 0. The van der Waals surface area contributed by atoms with E-state index in [-0.39, 0.29) is 6.04 Å². The molecule has 0 radical (unpaired) electrons. The molecule has 2 atom stereocenters. The molecule has 0 saturated carbocycles. The quantitative estimate of drug-likeness (QED) is 0.596. The van der Waals surface area contributed by atoms with Gasteiger partial charge in [-0.2, -0.15) is 0 Å². The maximum Gasteiger partial charge on any atom is 0.212 e. The number of benzene rings is 2. The Morgan fingerprint density at radius 2 is 1.79 bits per heavy atom. The zero-order valence-electron chi connectivity index (χ0n) is 16.9. The topological polar surface area (TPSA) is 49.5 Å². The van der Waals surface area contributed by atoms with Crippen molar-refractivity contribution in [2.45, 2.75) is 44.8 Å². The Bertz CT molecular complexity index is 955. The number of likely N-dealkylation sites (tertiary alicyclic amines) is 1. The van der Waals surface area contributed by atoms with E-state index in [2.05, 4.69) is 11.8 Å². The number of halogens is 1. The molecule has 1 aliphatic heterocycles. The summed E-state index contributed by atoms with van der Waals surface area (Å²) in [5, 5.41) is 11.9. The summed E-state index contributed by atoms with van der Waals surface area (Å²) < 4.78 is 6.17. The van der Waals surface area contributed by atoms with E-state index in [0.717, 1.165) is 54.4 Å². The highest BCUT2D eigenvalue weighted by atomic mass is 35.5. The molecule has 1 fully saturated rings. The Balaban J connectivity index is 1.51. The molecule has 1 N–H and O–H groups in total. The molecular formula is C24H27ClN2O2. The number of rotatable bonds is 4. The Kier molecular flexibility index (Phi) is 5.77. The van der Waals surface area contributed by atoms with Gasteiger partial charge in [0.2, 0.25) is 5.89 Å². The number of hydrogen-bond acceptors (Lipinski definition) is 4. The van der Waals surface area contributed by atoms with E-state index in [4.69, 9.17) is 21.0 Å². The van der Waals surface area contributed by atoms with Gasteiger partial charge in [0, 0.05) is 17.1 Å². The van der Waals surface area contributed by atoms with Gasteiger partial charge in [-0.1, -0.05) is 41.9 Å². The van der Waals surface area contributed by atoms with Gasteiger partial charge in [0.1, 0.15) is 0 Å². The molecule has 1 aliphatic rings. The average molecular weight is 411 g/mol. The van der Waals surface area contributed by atoms with Crippen molar-refractivity contribution in [3.05, 3.63) is 76.8 Å². The molecule has 1 aromatic heterocycles. The molecule has 0 unspecified atom stereocenters. The highest BCUT2D eigenvalue weighted by molar-refractivity contribution is 6.30. The number of aliphatic hydroxyl groups is 1. The van der Waals surface area contributed by atoms with Crippen molar-refractivity contribution in [3.63, 3.8) is 0 Å². The summed E-state index contributed by atoms with van der Waals surface area (Å²) in [5.74, 6) is 1.51. The van der Waals surface area contributed by atoms with Crippen LogP contribution >= 0.6 is 11.6 Å². The first-order valence-electron chi connectivity index (χ1n) is 10.2. The van der Waals surface area contributed by atoms with Crippen LogP contribution in [0.1, 0.15) is 49.4 Å². The zero-order chi connectivity index (χ0) is 20.4. The van der Waals surface area contributed by atoms with E-state index in [1.165, 1.54) is 0 Å². The van der Waals surface area contributed by atoms with Crippen LogP contribution in [-0.2, 0) is 5.60 Å². The maximum absolute atomic E-state index is 11.2. The SMILES string of the molecule is Cc1nc([C@@H](C)N2CCC[C@@](O)(c3ccccc3)CC2)oc1-c1ccc(Cl)cc1. The summed E-state index contributed by atoms with van der Waals surface area (Å²) >= 11 is 6.01. The summed E-state index contributed by atoms with van der Waals surface area (Å²) in [5.41, 5.74) is 2.10. The fourth-order valence-corrected chi connectivity index (χ4v) is 4.31. The minimum atomic E-state index is -0.767. The van der Waals surface area contributed by atoms with Crippen LogP contribution in [0.3, 0.4) is 0 Å². The lowest BCUT2D eigenvalue weighted by molar-refractivity contribution is 0.0197. The molecule has 0 amide bonds. The minimum Gasteiger partial charge on any atom is -0.439 e. The zero-order valence-corrected chi connectivity index (χ0v) is 17.7. The van der Waals surface area contributed by atoms with Crippen LogP contribution in [0, 0.1) is 6.92 Å². The number of aromatic nitrogens is 1. The fourth-order valence-electron chi connectivity index (χ4n) is 4.19. The highest BCUT2D eigenvalue weighted by Gasteiger charge is 2.34. The molecule has 0 bridgehead atoms. The van der Waals surface area contributed by atoms with Crippen molar-refractivity contribution in [3.8, 4) is 11.3 Å². The molecule has 4 rings (SSSR count). The summed E-state index contributed by atoms with van der Waals surface area (Å²) in [4.78, 5) is 7.06. The van der Waals surface area contributed by atoms with E-state index in [0.29, 0.717) is 11.4 Å². The van der Waals surface area contributed by atoms with Crippen molar-refractivity contribution >= 4 is 11.6 Å². The molecular weight excluding hydrogens is 384 g/mol. The molecule has 152 valence electrons. The second kappa shape index (κ2) is 8.31. The van der Waals surface area contributed by atoms with Crippen molar-refractivity contribution in [1.29, 1.82) is 0 Å². The van der Waals surface area contributed by atoms with Crippen LogP contribution in [0.4, 0.5) is 0 Å². The van der Waals surface area contributed by atoms with Crippen LogP contribution < -0.4 is 0 Å². The van der Waals surface area contributed by atoms with Gasteiger partial charge in [0.15, 0.2) is 5.76 Å². The Hall–Kier alpha value is -2.14. The lowest BCUT2D eigenvalue weighted by Gasteiger charge is -2.28. The van der Waals surface area contributed by atoms with Gasteiger partial charge in [0.25, 0.3) is 0 Å². The monoisotopic (exact) mass is 410 g/mol. The largest absolute Gasteiger partial charge is 0.439 e. The Morgan fingerprint density at radius 1 is 1.07 bits per heavy atom. The van der Waals surface area contributed by atoms with Gasteiger partial charge in [0.05, 0.1) is 17.3 Å². The van der Waals surface area contributed by atoms with Gasteiger partial charge in [-0.15, -0.1) is 0 Å². The third-order valence-electron chi connectivity index (χ3n) is 5.98. The third-order valence-corrected chi connectivity index (χ3v) is 6.24. The summed E-state index contributed by atoms with van der Waals surface area (Å²) in [6.45, 7) is 5.81. The Labute approximate surface area is 177 Å². The van der Waals surface area contributed by atoms with Gasteiger partial charge in [-0.05, 0) is 69.5 Å². The predicted octanol–water partition coefficient (Wildman–Crippen LogP) is 5.74. The molecule has 3 aromatic rings. The van der Waals surface area contributed by atoms with Crippen LogP contribution in [-0.4, -0.2) is 28.1 Å². The number of oxazole rings is 1. The second-order valence-corrected chi connectivity index (χ2v) is 8.37. The van der Waals surface area contributed by atoms with E-state index in [1.807, 2.05) is 61.5 Å². The highest BCUT2D eigenvalue weighted by Crippen LogP contribution is 2.36. The van der Waals surface area contributed by atoms with Gasteiger partial charge >= 0.3 is 0 Å². The molecule has 2 heterocycles. The number of aryl methyl sites for hydroxylation is 1. The second-order valence-electron chi connectivity index (χ2n) is 7.94. The first-order chi connectivity index (χ1) is 14.0. The van der Waals surface area contributed by atoms with Crippen molar-refractivity contribution in [2.24, 2.45) is 0 Å². The lowest BCUT2D eigenvalue weighted by Crippen LogP contribution is -2.31. The van der Waals surface area contributed by atoms with Crippen LogP contribution in [0.2, 0.25) is 5.02 Å². The van der Waals surface area contributed by atoms with Crippen molar-refractivity contribution < 1.29 is 9.52 Å². The molecule has 0 spiro atoms. The van der Waals surface area contributed by atoms with Crippen molar-refractivity contribution in [2.75, 3.05) is 13.1 Å². The molecule has 2 aromatic carbocycles. The van der Waals surface area contributed by atoms with Gasteiger partial charge in [-0.3, -0.25) is 4.90 Å². The first kappa shape index (κ1) is 20.1. The average Bonchev–Trinajstić information content (AvgIpc) is 3.00. The smallest absolute Gasteiger partial charge is 0.212 e. The lowest BCUT2D eigenvalue weighted by atomic mass is 9.87. The first-order valence-corrected chi connectivity index (χ1v) is 10.6.